The fraction of sp³-hybridized carbons (Fsp3) is 0.375. The molecular formula is C16H17FN6O2. The standard InChI is InChI=1S/C16H17FN6O2/c1-9-4-10(6-18)13(8-25-9)23-7-12(15(19)24)16(22-23)21-11-2-3-20-14(17)5-11/h2-3,5,7,9-10,13H,4,8H2,1H3,(H2,19,24)(H,20,21,22)/t9-,10-,13?/m1/s1. The van der Waals surface area contributed by atoms with Crippen LogP contribution in [-0.4, -0.2) is 33.4 Å². The number of carbonyl (C=O) groups is 1. The molecule has 2 aromatic rings. The van der Waals surface area contributed by atoms with E-state index in [9.17, 15) is 14.4 Å². The lowest BCUT2D eigenvalue weighted by atomic mass is 9.93. The second kappa shape index (κ2) is 6.86. The van der Waals surface area contributed by atoms with Crippen molar-refractivity contribution in [3.8, 4) is 6.07 Å². The normalized spacial score (nSPS) is 23.0. The van der Waals surface area contributed by atoms with Crippen molar-refractivity contribution in [3.63, 3.8) is 0 Å². The Balaban J connectivity index is 1.92. The van der Waals surface area contributed by atoms with E-state index in [1.807, 2.05) is 6.92 Å². The fourth-order valence-electron chi connectivity index (χ4n) is 2.81. The summed E-state index contributed by atoms with van der Waals surface area (Å²) in [6, 6.07) is 4.65. The third kappa shape index (κ3) is 3.59. The van der Waals surface area contributed by atoms with Crippen LogP contribution < -0.4 is 11.1 Å². The van der Waals surface area contributed by atoms with Crippen LogP contribution in [-0.2, 0) is 4.74 Å². The molecular weight excluding hydrogens is 327 g/mol. The van der Waals surface area contributed by atoms with Gasteiger partial charge < -0.3 is 15.8 Å². The molecule has 3 N–H and O–H groups in total. The predicted molar refractivity (Wildman–Crippen MR) is 86.4 cm³/mol. The highest BCUT2D eigenvalue weighted by molar-refractivity contribution is 5.98. The molecule has 0 radical (unpaired) electrons. The number of carbonyl (C=O) groups excluding carboxylic acids is 1. The summed E-state index contributed by atoms with van der Waals surface area (Å²) < 4.78 is 20.4. The maximum Gasteiger partial charge on any atom is 0.254 e. The number of rotatable bonds is 4. The van der Waals surface area contributed by atoms with Crippen molar-refractivity contribution in [1.82, 2.24) is 14.8 Å². The molecule has 130 valence electrons. The van der Waals surface area contributed by atoms with Crippen molar-refractivity contribution in [3.05, 3.63) is 36.0 Å². The first-order valence-corrected chi connectivity index (χ1v) is 7.76. The van der Waals surface area contributed by atoms with Gasteiger partial charge in [-0.05, 0) is 19.4 Å². The minimum absolute atomic E-state index is 0.00976. The molecule has 0 bridgehead atoms. The van der Waals surface area contributed by atoms with Gasteiger partial charge in [0, 0.05) is 24.1 Å². The van der Waals surface area contributed by atoms with Gasteiger partial charge in [-0.3, -0.25) is 9.48 Å². The lowest BCUT2D eigenvalue weighted by Gasteiger charge is -2.31. The number of amides is 1. The Hall–Kier alpha value is -2.99. The van der Waals surface area contributed by atoms with E-state index < -0.39 is 11.9 Å². The molecule has 1 amide bonds. The van der Waals surface area contributed by atoms with Crippen molar-refractivity contribution in [1.29, 1.82) is 5.26 Å². The Morgan fingerprint density at radius 2 is 2.40 bits per heavy atom. The number of ether oxygens (including phenoxy) is 1. The zero-order valence-electron chi connectivity index (χ0n) is 13.5. The van der Waals surface area contributed by atoms with Crippen LogP contribution in [0.25, 0.3) is 0 Å². The zero-order valence-corrected chi connectivity index (χ0v) is 13.5. The van der Waals surface area contributed by atoms with Crippen LogP contribution in [0.4, 0.5) is 15.9 Å². The Morgan fingerprint density at radius 3 is 3.08 bits per heavy atom. The van der Waals surface area contributed by atoms with Gasteiger partial charge in [-0.15, -0.1) is 0 Å². The molecule has 1 saturated heterocycles. The Labute approximate surface area is 143 Å². The Bertz CT molecular complexity index is 830. The molecule has 25 heavy (non-hydrogen) atoms. The minimum Gasteiger partial charge on any atom is -0.376 e. The summed E-state index contributed by atoms with van der Waals surface area (Å²) in [5.41, 5.74) is 5.94. The molecule has 1 aliphatic heterocycles. The highest BCUT2D eigenvalue weighted by atomic mass is 19.1. The van der Waals surface area contributed by atoms with E-state index in [1.165, 1.54) is 29.2 Å². The first-order valence-electron chi connectivity index (χ1n) is 7.76. The van der Waals surface area contributed by atoms with Crippen LogP contribution in [0.15, 0.2) is 24.5 Å². The van der Waals surface area contributed by atoms with Gasteiger partial charge in [0.15, 0.2) is 5.82 Å². The van der Waals surface area contributed by atoms with Crippen molar-refractivity contribution in [2.45, 2.75) is 25.5 Å². The molecule has 2 aromatic heterocycles. The number of nitrogens with one attached hydrogen (secondary N) is 1. The fourth-order valence-corrected chi connectivity index (χ4v) is 2.81. The average Bonchev–Trinajstić information content (AvgIpc) is 2.98. The van der Waals surface area contributed by atoms with Gasteiger partial charge in [0.1, 0.15) is 5.56 Å². The molecule has 1 unspecified atom stereocenters. The summed E-state index contributed by atoms with van der Waals surface area (Å²) in [6.07, 6.45) is 3.34. The smallest absolute Gasteiger partial charge is 0.254 e. The number of halogens is 1. The molecule has 9 heteroatoms. The van der Waals surface area contributed by atoms with Gasteiger partial charge in [-0.1, -0.05) is 0 Å². The van der Waals surface area contributed by atoms with E-state index in [4.69, 9.17) is 10.5 Å². The maximum atomic E-state index is 13.2. The third-order valence-corrected chi connectivity index (χ3v) is 4.09. The van der Waals surface area contributed by atoms with E-state index in [0.717, 1.165) is 0 Å². The first-order chi connectivity index (χ1) is 12.0. The summed E-state index contributed by atoms with van der Waals surface area (Å²) in [6.45, 7) is 2.21. The number of aromatic nitrogens is 3. The molecule has 1 fully saturated rings. The van der Waals surface area contributed by atoms with Crippen molar-refractivity contribution < 1.29 is 13.9 Å². The first kappa shape index (κ1) is 16.9. The zero-order chi connectivity index (χ0) is 18.0. The molecule has 3 heterocycles. The molecule has 1 aliphatic rings. The highest BCUT2D eigenvalue weighted by Gasteiger charge is 2.32. The number of nitrogens with zero attached hydrogens (tertiary/aromatic N) is 4. The topological polar surface area (TPSA) is 119 Å². The van der Waals surface area contributed by atoms with Crippen LogP contribution in [0, 0.1) is 23.2 Å². The summed E-state index contributed by atoms with van der Waals surface area (Å²) in [5.74, 6) is -1.45. The van der Waals surface area contributed by atoms with Gasteiger partial charge in [0.05, 0.1) is 30.7 Å². The van der Waals surface area contributed by atoms with Crippen LogP contribution in [0.5, 0.6) is 0 Å². The number of nitriles is 1. The summed E-state index contributed by atoms with van der Waals surface area (Å²) in [5, 5.41) is 16.6. The van der Waals surface area contributed by atoms with Gasteiger partial charge in [0.25, 0.3) is 5.91 Å². The van der Waals surface area contributed by atoms with Crippen LogP contribution >= 0.6 is 0 Å². The number of anilines is 2. The second-order valence-corrected chi connectivity index (χ2v) is 5.91. The largest absolute Gasteiger partial charge is 0.376 e. The lowest BCUT2D eigenvalue weighted by molar-refractivity contribution is -0.0215. The quantitative estimate of drug-likeness (QED) is 0.816. The second-order valence-electron chi connectivity index (χ2n) is 5.91. The SMILES string of the molecule is C[C@@H]1C[C@H](C#N)C(n2cc(C(N)=O)c(Nc3ccnc(F)c3)n2)CO1. The Morgan fingerprint density at radius 1 is 1.60 bits per heavy atom. The van der Waals surface area contributed by atoms with E-state index in [-0.39, 0.29) is 29.4 Å². The van der Waals surface area contributed by atoms with E-state index >= 15 is 0 Å². The van der Waals surface area contributed by atoms with Crippen LogP contribution in [0.1, 0.15) is 29.7 Å². The molecule has 0 aromatic carbocycles. The number of hydrogen-bond acceptors (Lipinski definition) is 6. The van der Waals surface area contributed by atoms with E-state index in [0.29, 0.717) is 18.7 Å². The maximum absolute atomic E-state index is 13.2. The van der Waals surface area contributed by atoms with Gasteiger partial charge in [-0.25, -0.2) is 4.98 Å². The summed E-state index contributed by atoms with van der Waals surface area (Å²) in [4.78, 5) is 15.2. The number of hydrogen-bond donors (Lipinski definition) is 2. The van der Waals surface area contributed by atoms with Gasteiger partial charge in [0.2, 0.25) is 5.95 Å². The van der Waals surface area contributed by atoms with Crippen molar-refractivity contribution in [2.24, 2.45) is 11.7 Å². The third-order valence-electron chi connectivity index (χ3n) is 4.09. The highest BCUT2D eigenvalue weighted by Crippen LogP contribution is 2.30. The van der Waals surface area contributed by atoms with Gasteiger partial charge in [-0.2, -0.15) is 14.8 Å². The molecule has 3 atom stereocenters. The molecule has 0 aliphatic carbocycles. The summed E-state index contributed by atoms with van der Waals surface area (Å²) >= 11 is 0. The number of primary amides is 1. The molecule has 0 spiro atoms. The number of nitrogens with two attached hydrogens (primary N) is 1. The summed E-state index contributed by atoms with van der Waals surface area (Å²) in [7, 11) is 0. The molecule has 0 saturated carbocycles. The van der Waals surface area contributed by atoms with Crippen LogP contribution in [0.2, 0.25) is 0 Å². The Kier molecular flexibility index (Phi) is 4.63. The van der Waals surface area contributed by atoms with Crippen molar-refractivity contribution in [2.75, 3.05) is 11.9 Å². The van der Waals surface area contributed by atoms with Crippen molar-refractivity contribution >= 4 is 17.4 Å². The van der Waals surface area contributed by atoms with E-state index in [2.05, 4.69) is 21.5 Å². The predicted octanol–water partition coefficient (Wildman–Crippen LogP) is 1.75. The molecule has 8 nitrogen and oxygen atoms in total. The average molecular weight is 344 g/mol. The van der Waals surface area contributed by atoms with Gasteiger partial charge >= 0.3 is 0 Å². The lowest BCUT2D eigenvalue weighted by Crippen LogP contribution is -2.33. The number of pyridine rings is 1. The molecule has 3 rings (SSSR count). The van der Waals surface area contributed by atoms with Crippen LogP contribution in [0.3, 0.4) is 0 Å². The van der Waals surface area contributed by atoms with E-state index in [1.54, 1.807) is 0 Å². The monoisotopic (exact) mass is 344 g/mol. The minimum atomic E-state index is -0.679.